The number of hydrogen-bond acceptors (Lipinski definition) is 4. The van der Waals surface area contributed by atoms with Gasteiger partial charge in [-0.15, -0.1) is 0 Å². The first-order chi connectivity index (χ1) is 14.7. The number of ether oxygens (including phenoxy) is 2. The van der Waals surface area contributed by atoms with Gasteiger partial charge in [0.25, 0.3) is 0 Å². The standard InChI is InChI=1S/C26H48O4/c1-3-5-7-9-10-11-12-13-14-16-22-30-26(28)24-19-17-23(18-20-24)25(27)29-21-15-8-6-4-2/h23-24H,3-22H2,1-2H3. The Hall–Kier alpha value is -1.06. The van der Waals surface area contributed by atoms with Crippen LogP contribution in [0.25, 0.3) is 0 Å². The molecule has 1 saturated carbocycles. The molecule has 0 atom stereocenters. The van der Waals surface area contributed by atoms with Crippen LogP contribution in [0.3, 0.4) is 0 Å². The fourth-order valence-corrected chi connectivity index (χ4v) is 4.26. The van der Waals surface area contributed by atoms with Crippen LogP contribution in [0, 0.1) is 11.8 Å². The van der Waals surface area contributed by atoms with E-state index in [0.29, 0.717) is 13.2 Å². The first-order valence-corrected chi connectivity index (χ1v) is 13.0. The van der Waals surface area contributed by atoms with Crippen molar-refractivity contribution in [1.82, 2.24) is 0 Å². The molecule has 0 bridgehead atoms. The minimum Gasteiger partial charge on any atom is -0.465 e. The van der Waals surface area contributed by atoms with Crippen LogP contribution < -0.4 is 0 Å². The van der Waals surface area contributed by atoms with Crippen molar-refractivity contribution in [2.75, 3.05) is 13.2 Å². The number of carbonyl (C=O) groups excluding carboxylic acids is 2. The Labute approximate surface area is 185 Å². The molecule has 176 valence electrons. The van der Waals surface area contributed by atoms with E-state index in [4.69, 9.17) is 9.47 Å². The Balaban J connectivity index is 1.97. The summed E-state index contributed by atoms with van der Waals surface area (Å²) in [4.78, 5) is 24.4. The quantitative estimate of drug-likeness (QED) is 0.170. The largest absolute Gasteiger partial charge is 0.465 e. The van der Waals surface area contributed by atoms with Gasteiger partial charge in [-0.25, -0.2) is 0 Å². The van der Waals surface area contributed by atoms with Gasteiger partial charge < -0.3 is 9.47 Å². The maximum Gasteiger partial charge on any atom is 0.308 e. The van der Waals surface area contributed by atoms with Crippen LogP contribution in [0.5, 0.6) is 0 Å². The summed E-state index contributed by atoms with van der Waals surface area (Å²) < 4.78 is 10.9. The lowest BCUT2D eigenvalue weighted by atomic mass is 9.82. The van der Waals surface area contributed by atoms with Crippen LogP contribution >= 0.6 is 0 Å². The summed E-state index contributed by atoms with van der Waals surface area (Å²) in [6, 6.07) is 0. The molecule has 4 nitrogen and oxygen atoms in total. The van der Waals surface area contributed by atoms with Crippen LogP contribution in [-0.4, -0.2) is 25.2 Å². The topological polar surface area (TPSA) is 52.6 Å². The number of carbonyl (C=O) groups is 2. The smallest absolute Gasteiger partial charge is 0.308 e. The molecule has 30 heavy (non-hydrogen) atoms. The lowest BCUT2D eigenvalue weighted by molar-refractivity contribution is -0.155. The van der Waals surface area contributed by atoms with Gasteiger partial charge in [0.2, 0.25) is 0 Å². The van der Waals surface area contributed by atoms with Gasteiger partial charge >= 0.3 is 11.9 Å². The molecule has 0 aromatic heterocycles. The van der Waals surface area contributed by atoms with E-state index in [1.54, 1.807) is 0 Å². The van der Waals surface area contributed by atoms with Gasteiger partial charge in [-0.05, 0) is 38.5 Å². The number of esters is 2. The summed E-state index contributed by atoms with van der Waals surface area (Å²) in [5.74, 6) is -0.176. The van der Waals surface area contributed by atoms with Crippen LogP contribution in [0.4, 0.5) is 0 Å². The molecule has 0 radical (unpaired) electrons. The highest BCUT2D eigenvalue weighted by Crippen LogP contribution is 2.30. The van der Waals surface area contributed by atoms with Crippen molar-refractivity contribution >= 4 is 11.9 Å². The molecule has 0 unspecified atom stereocenters. The SMILES string of the molecule is CCCCCCCCCCCCOC(=O)C1CCC(C(=O)OCCCCCC)CC1. The van der Waals surface area contributed by atoms with Crippen molar-refractivity contribution in [3.05, 3.63) is 0 Å². The van der Waals surface area contributed by atoms with Crippen LogP contribution in [0.15, 0.2) is 0 Å². The molecule has 0 spiro atoms. The lowest BCUT2D eigenvalue weighted by Gasteiger charge is -2.26. The summed E-state index contributed by atoms with van der Waals surface area (Å²) in [5, 5.41) is 0. The predicted octanol–water partition coefficient (Wildman–Crippen LogP) is 7.38. The molecule has 1 rings (SSSR count). The third-order valence-electron chi connectivity index (χ3n) is 6.38. The van der Waals surface area contributed by atoms with E-state index >= 15 is 0 Å². The molecule has 1 aliphatic carbocycles. The monoisotopic (exact) mass is 424 g/mol. The van der Waals surface area contributed by atoms with E-state index in [1.165, 1.54) is 64.2 Å². The normalized spacial score (nSPS) is 18.9. The highest BCUT2D eigenvalue weighted by atomic mass is 16.5. The number of rotatable bonds is 18. The number of unbranched alkanes of at least 4 members (excludes halogenated alkanes) is 12. The van der Waals surface area contributed by atoms with Gasteiger partial charge in [-0.2, -0.15) is 0 Å². The second kappa shape index (κ2) is 18.7. The highest BCUT2D eigenvalue weighted by molar-refractivity contribution is 5.75. The molecule has 4 heteroatoms. The maximum absolute atomic E-state index is 12.3. The van der Waals surface area contributed by atoms with E-state index in [9.17, 15) is 9.59 Å². The Morgan fingerprint density at radius 2 is 0.833 bits per heavy atom. The average Bonchev–Trinajstić information content (AvgIpc) is 2.77. The molecule has 1 fully saturated rings. The summed E-state index contributed by atoms with van der Waals surface area (Å²) in [6.45, 7) is 5.52. The van der Waals surface area contributed by atoms with Crippen molar-refractivity contribution in [1.29, 1.82) is 0 Å². The van der Waals surface area contributed by atoms with Crippen molar-refractivity contribution in [2.45, 2.75) is 129 Å². The van der Waals surface area contributed by atoms with E-state index in [-0.39, 0.29) is 23.8 Å². The highest BCUT2D eigenvalue weighted by Gasteiger charge is 2.31. The minimum absolute atomic E-state index is 0.0257. The molecule has 0 aromatic carbocycles. The first kappa shape index (κ1) is 27.0. The van der Waals surface area contributed by atoms with Gasteiger partial charge in [0.15, 0.2) is 0 Å². The Bertz CT molecular complexity index is 427. The van der Waals surface area contributed by atoms with Crippen molar-refractivity contribution in [3.63, 3.8) is 0 Å². The summed E-state index contributed by atoms with van der Waals surface area (Å²) in [7, 11) is 0. The molecule has 0 saturated heterocycles. The van der Waals surface area contributed by atoms with Crippen molar-refractivity contribution in [3.8, 4) is 0 Å². The summed E-state index contributed by atoms with van der Waals surface area (Å²) in [5.41, 5.74) is 0. The third-order valence-corrected chi connectivity index (χ3v) is 6.38. The fourth-order valence-electron chi connectivity index (χ4n) is 4.26. The second-order valence-electron chi connectivity index (χ2n) is 9.13. The third kappa shape index (κ3) is 13.3. The maximum atomic E-state index is 12.3. The molecule has 0 aliphatic heterocycles. The average molecular weight is 425 g/mol. The van der Waals surface area contributed by atoms with E-state index in [1.807, 2.05) is 0 Å². The van der Waals surface area contributed by atoms with Gasteiger partial charge in [-0.1, -0.05) is 90.9 Å². The number of hydrogen-bond donors (Lipinski definition) is 0. The van der Waals surface area contributed by atoms with E-state index in [0.717, 1.165) is 51.4 Å². The Morgan fingerprint density at radius 3 is 1.20 bits per heavy atom. The molecule has 0 N–H and O–H groups in total. The van der Waals surface area contributed by atoms with E-state index in [2.05, 4.69) is 13.8 Å². The summed E-state index contributed by atoms with van der Waals surface area (Å²) >= 11 is 0. The first-order valence-electron chi connectivity index (χ1n) is 13.0. The molecule has 1 aliphatic rings. The molecule has 0 heterocycles. The van der Waals surface area contributed by atoms with E-state index < -0.39 is 0 Å². The Kier molecular flexibility index (Phi) is 16.8. The predicted molar refractivity (Wildman–Crippen MR) is 123 cm³/mol. The molecule has 0 amide bonds. The van der Waals surface area contributed by atoms with Crippen LogP contribution in [0.1, 0.15) is 129 Å². The Morgan fingerprint density at radius 1 is 0.533 bits per heavy atom. The summed E-state index contributed by atoms with van der Waals surface area (Å²) in [6.07, 6.45) is 20.3. The van der Waals surface area contributed by atoms with Crippen LogP contribution in [-0.2, 0) is 19.1 Å². The zero-order valence-corrected chi connectivity index (χ0v) is 19.9. The van der Waals surface area contributed by atoms with Crippen molar-refractivity contribution in [2.24, 2.45) is 11.8 Å². The van der Waals surface area contributed by atoms with Crippen LogP contribution in [0.2, 0.25) is 0 Å². The second-order valence-corrected chi connectivity index (χ2v) is 9.13. The zero-order valence-electron chi connectivity index (χ0n) is 19.9. The zero-order chi connectivity index (χ0) is 21.9. The molecular weight excluding hydrogens is 376 g/mol. The van der Waals surface area contributed by atoms with Crippen molar-refractivity contribution < 1.29 is 19.1 Å². The van der Waals surface area contributed by atoms with Gasteiger partial charge in [-0.3, -0.25) is 9.59 Å². The van der Waals surface area contributed by atoms with Gasteiger partial charge in [0, 0.05) is 0 Å². The fraction of sp³-hybridized carbons (Fsp3) is 0.923. The lowest BCUT2D eigenvalue weighted by Crippen LogP contribution is -2.28. The van der Waals surface area contributed by atoms with Gasteiger partial charge in [0.05, 0.1) is 25.0 Å². The molecular formula is C26H48O4. The minimum atomic E-state index is -0.0660. The molecule has 0 aromatic rings. The van der Waals surface area contributed by atoms with Gasteiger partial charge in [0.1, 0.15) is 0 Å².